The third-order valence-electron chi connectivity index (χ3n) is 4.94. The third kappa shape index (κ3) is 3.79. The second-order valence-electron chi connectivity index (χ2n) is 6.67. The van der Waals surface area contributed by atoms with Crippen molar-refractivity contribution < 1.29 is 18.4 Å². The van der Waals surface area contributed by atoms with E-state index in [-0.39, 0.29) is 11.3 Å². The Kier molecular flexibility index (Phi) is 5.80. The molecule has 0 saturated carbocycles. The highest BCUT2D eigenvalue weighted by Crippen LogP contribution is 2.46. The zero-order valence-electron chi connectivity index (χ0n) is 15.7. The lowest BCUT2D eigenvalue weighted by Gasteiger charge is -2.37. The fourth-order valence-electron chi connectivity index (χ4n) is 3.70. The molecule has 0 saturated heterocycles. The zero-order chi connectivity index (χ0) is 21.2. The third-order valence-corrected chi connectivity index (χ3v) is 5.46. The first-order valence-corrected chi connectivity index (χ1v) is 9.55. The van der Waals surface area contributed by atoms with E-state index in [2.05, 4.69) is 26.1 Å². The van der Waals surface area contributed by atoms with Crippen LogP contribution in [0.1, 0.15) is 34.9 Å². The van der Waals surface area contributed by atoms with Gasteiger partial charge in [0.2, 0.25) is 0 Å². The first-order valence-electron chi connectivity index (χ1n) is 8.76. The lowest BCUT2D eigenvalue weighted by molar-refractivity contribution is -0.138. The average Bonchev–Trinajstić information content (AvgIpc) is 2.69. The maximum absolute atomic E-state index is 14.0. The first-order chi connectivity index (χ1) is 13.7. The van der Waals surface area contributed by atoms with Gasteiger partial charge in [0.15, 0.2) is 0 Å². The average molecular weight is 463 g/mol. The van der Waals surface area contributed by atoms with Gasteiger partial charge >= 0.3 is 6.18 Å². The Morgan fingerprint density at radius 3 is 2.14 bits per heavy atom. The summed E-state index contributed by atoms with van der Waals surface area (Å²) in [6, 6.07) is 15.7. The normalized spacial score (nSPS) is 14.5. The van der Waals surface area contributed by atoms with E-state index in [0.717, 1.165) is 10.5 Å². The number of halogens is 4. The van der Waals surface area contributed by atoms with Gasteiger partial charge in [-0.25, -0.2) is 0 Å². The fourth-order valence-corrected chi connectivity index (χ4v) is 3.97. The molecule has 2 aromatic carbocycles. The minimum absolute atomic E-state index is 0.0178. The molecule has 0 aliphatic carbocycles. The number of oxime groups is 1. The second kappa shape index (κ2) is 7.99. The van der Waals surface area contributed by atoms with Gasteiger partial charge in [-0.05, 0) is 60.9 Å². The molecule has 0 bridgehead atoms. The van der Waals surface area contributed by atoms with Crippen LogP contribution in [0.15, 0.2) is 76.5 Å². The summed E-state index contributed by atoms with van der Waals surface area (Å²) in [6.45, 7) is 3.28. The van der Waals surface area contributed by atoms with E-state index in [4.69, 9.17) is 0 Å². The summed E-state index contributed by atoms with van der Waals surface area (Å²) < 4.78 is 42.8. The largest absolute Gasteiger partial charge is 0.416 e. The maximum atomic E-state index is 14.0. The number of nitrogens with zero attached hydrogens (tertiary/aromatic N) is 2. The van der Waals surface area contributed by atoms with E-state index >= 15 is 0 Å². The van der Waals surface area contributed by atoms with Crippen molar-refractivity contribution in [2.45, 2.75) is 25.4 Å². The van der Waals surface area contributed by atoms with Crippen molar-refractivity contribution in [3.8, 4) is 0 Å². The van der Waals surface area contributed by atoms with Gasteiger partial charge in [0.05, 0.1) is 16.7 Å². The number of hydrogen-bond acceptors (Lipinski definition) is 3. The molecule has 7 heteroatoms. The molecule has 150 valence electrons. The molecule has 3 rings (SSSR count). The molecule has 3 aromatic rings. The molecular formula is C22H18BrF3N2O. The fraction of sp³-hybridized carbons (Fsp3) is 0.182. The van der Waals surface area contributed by atoms with Crippen LogP contribution >= 0.6 is 15.9 Å². The number of rotatable bonds is 4. The summed E-state index contributed by atoms with van der Waals surface area (Å²) in [7, 11) is 0. The van der Waals surface area contributed by atoms with Crippen LogP contribution in [0.25, 0.3) is 0 Å². The van der Waals surface area contributed by atoms with Crippen molar-refractivity contribution in [3.63, 3.8) is 0 Å². The van der Waals surface area contributed by atoms with Crippen molar-refractivity contribution in [1.29, 1.82) is 0 Å². The standard InChI is InChI=1S/C22H18BrF3N2O/c1-14-13-17(11-12-27-14)21(15(2)28-29,16-7-9-18(23)10-8-16)19-5-3-4-6-20(19)22(24,25)26/h3-13,29H,1-2H3/b28-15-. The molecule has 0 spiro atoms. The van der Waals surface area contributed by atoms with Gasteiger partial charge in [0.25, 0.3) is 0 Å². The topological polar surface area (TPSA) is 45.5 Å². The van der Waals surface area contributed by atoms with Crippen LogP contribution in [0.4, 0.5) is 13.2 Å². The van der Waals surface area contributed by atoms with E-state index in [1.54, 1.807) is 55.6 Å². The number of aromatic nitrogens is 1. The predicted molar refractivity (Wildman–Crippen MR) is 109 cm³/mol. The minimum atomic E-state index is -4.59. The van der Waals surface area contributed by atoms with Crippen LogP contribution < -0.4 is 0 Å². The molecule has 0 fully saturated rings. The summed E-state index contributed by atoms with van der Waals surface area (Å²) in [5, 5.41) is 13.1. The Bertz CT molecular complexity index is 1050. The number of alkyl halides is 3. The van der Waals surface area contributed by atoms with Crippen LogP contribution in [0, 0.1) is 6.92 Å². The van der Waals surface area contributed by atoms with E-state index in [1.165, 1.54) is 19.1 Å². The van der Waals surface area contributed by atoms with Gasteiger partial charge in [-0.1, -0.05) is 51.4 Å². The van der Waals surface area contributed by atoms with Gasteiger partial charge in [-0.3, -0.25) is 4.98 Å². The molecule has 1 unspecified atom stereocenters. The molecular weight excluding hydrogens is 445 g/mol. The maximum Gasteiger partial charge on any atom is 0.416 e. The Morgan fingerprint density at radius 2 is 1.59 bits per heavy atom. The minimum Gasteiger partial charge on any atom is -0.411 e. The van der Waals surface area contributed by atoms with Crippen molar-refractivity contribution in [2.75, 3.05) is 0 Å². The quantitative estimate of drug-likeness (QED) is 0.278. The van der Waals surface area contributed by atoms with E-state index in [0.29, 0.717) is 16.8 Å². The number of pyridine rings is 1. The molecule has 0 aliphatic heterocycles. The molecule has 3 nitrogen and oxygen atoms in total. The number of benzene rings is 2. The molecule has 0 amide bonds. The molecule has 0 radical (unpaired) electrons. The van der Waals surface area contributed by atoms with Gasteiger partial charge < -0.3 is 5.21 Å². The lowest BCUT2D eigenvalue weighted by Crippen LogP contribution is -2.39. The molecule has 1 N–H and O–H groups in total. The van der Waals surface area contributed by atoms with Crippen LogP contribution in [-0.4, -0.2) is 15.9 Å². The monoisotopic (exact) mass is 462 g/mol. The number of aryl methyl sites for hydroxylation is 1. The van der Waals surface area contributed by atoms with Crippen LogP contribution in [0.3, 0.4) is 0 Å². The summed E-state index contributed by atoms with van der Waals surface area (Å²) in [6.07, 6.45) is -3.05. The van der Waals surface area contributed by atoms with Crippen molar-refractivity contribution in [3.05, 3.63) is 99.3 Å². The Morgan fingerprint density at radius 1 is 0.966 bits per heavy atom. The second-order valence-corrected chi connectivity index (χ2v) is 7.59. The Labute approximate surface area is 175 Å². The summed E-state index contributed by atoms with van der Waals surface area (Å²) >= 11 is 3.37. The van der Waals surface area contributed by atoms with Gasteiger partial charge in [0, 0.05) is 16.4 Å². The van der Waals surface area contributed by atoms with Crippen LogP contribution in [-0.2, 0) is 11.6 Å². The van der Waals surface area contributed by atoms with Crippen molar-refractivity contribution in [2.24, 2.45) is 5.16 Å². The lowest BCUT2D eigenvalue weighted by atomic mass is 9.65. The van der Waals surface area contributed by atoms with Crippen LogP contribution in [0.2, 0.25) is 0 Å². The highest BCUT2D eigenvalue weighted by Gasteiger charge is 2.46. The SMILES string of the molecule is C/C(=N/O)C(c1ccc(Br)cc1)(c1ccnc(C)c1)c1ccccc1C(F)(F)F. The van der Waals surface area contributed by atoms with Gasteiger partial charge in [-0.15, -0.1) is 0 Å². The van der Waals surface area contributed by atoms with Crippen molar-refractivity contribution >= 4 is 21.6 Å². The Hall–Kier alpha value is -2.67. The molecule has 1 heterocycles. The van der Waals surface area contributed by atoms with Crippen molar-refractivity contribution in [1.82, 2.24) is 4.98 Å². The molecule has 1 aromatic heterocycles. The first kappa shape index (κ1) is 21.0. The summed E-state index contributed by atoms with van der Waals surface area (Å²) in [5.41, 5.74) is -0.454. The van der Waals surface area contributed by atoms with Gasteiger partial charge in [-0.2, -0.15) is 13.2 Å². The summed E-state index contributed by atoms with van der Waals surface area (Å²) in [4.78, 5) is 4.18. The van der Waals surface area contributed by atoms with E-state index < -0.39 is 17.2 Å². The predicted octanol–water partition coefficient (Wildman–Crippen LogP) is 6.36. The molecule has 0 aliphatic rings. The molecule has 29 heavy (non-hydrogen) atoms. The Balaban J connectivity index is 2.53. The van der Waals surface area contributed by atoms with E-state index in [9.17, 15) is 18.4 Å². The highest BCUT2D eigenvalue weighted by molar-refractivity contribution is 9.10. The van der Waals surface area contributed by atoms with E-state index in [1.807, 2.05) is 0 Å². The zero-order valence-corrected chi connectivity index (χ0v) is 17.3. The highest BCUT2D eigenvalue weighted by atomic mass is 79.9. The van der Waals surface area contributed by atoms with Crippen LogP contribution in [0.5, 0.6) is 0 Å². The van der Waals surface area contributed by atoms with Gasteiger partial charge in [0.1, 0.15) is 0 Å². The summed E-state index contributed by atoms with van der Waals surface area (Å²) in [5.74, 6) is 0. The molecule has 1 atom stereocenters. The smallest absolute Gasteiger partial charge is 0.411 e. The number of hydrogen-bond donors (Lipinski definition) is 1.